The molecule has 1 unspecified atom stereocenters. The molecule has 2 aromatic carbocycles. The van der Waals surface area contributed by atoms with Gasteiger partial charge < -0.3 is 14.6 Å². The van der Waals surface area contributed by atoms with E-state index in [1.165, 1.54) is 6.08 Å². The lowest BCUT2D eigenvalue weighted by Crippen LogP contribution is -2.43. The molecular weight excluding hydrogens is 372 g/mol. The fraction of sp³-hybridized carbons (Fsp3) is 0.182. The third-order valence-electron chi connectivity index (χ3n) is 4.59. The molecule has 2 amide bonds. The highest BCUT2D eigenvalue weighted by molar-refractivity contribution is 7.99. The first kappa shape index (κ1) is 18.4. The molecule has 5 nitrogen and oxygen atoms in total. The number of anilines is 1. The van der Waals surface area contributed by atoms with Crippen molar-refractivity contribution in [3.8, 4) is 0 Å². The summed E-state index contributed by atoms with van der Waals surface area (Å²) in [5.74, 6) is 1.33. The van der Waals surface area contributed by atoms with E-state index in [0.717, 1.165) is 22.2 Å². The quantitative estimate of drug-likeness (QED) is 0.673. The monoisotopic (exact) mass is 392 g/mol. The van der Waals surface area contributed by atoms with Crippen molar-refractivity contribution < 1.29 is 14.0 Å². The third-order valence-corrected chi connectivity index (χ3v) is 5.60. The van der Waals surface area contributed by atoms with E-state index in [9.17, 15) is 9.59 Å². The van der Waals surface area contributed by atoms with Crippen molar-refractivity contribution in [2.45, 2.75) is 13.0 Å². The molecule has 1 N–H and O–H groups in total. The maximum absolute atomic E-state index is 12.7. The second kappa shape index (κ2) is 7.94. The Bertz CT molecular complexity index is 1020. The van der Waals surface area contributed by atoms with E-state index in [0.29, 0.717) is 17.4 Å². The Morgan fingerprint density at radius 1 is 1.18 bits per heavy atom. The normalized spacial score (nSPS) is 16.8. The summed E-state index contributed by atoms with van der Waals surface area (Å²) in [5.41, 5.74) is 2.59. The van der Waals surface area contributed by atoms with Gasteiger partial charge in [-0.15, -0.1) is 11.8 Å². The first-order chi connectivity index (χ1) is 13.6. The molecule has 28 heavy (non-hydrogen) atoms. The summed E-state index contributed by atoms with van der Waals surface area (Å²) >= 11 is 1.57. The standard InChI is InChI=1S/C22H20N2O3S/c1-15-5-4-7-17(11-15)23-22(26)19-13-28-14-24(19)21(25)10-9-18-12-16-6-2-3-8-20(16)27-18/h2-12,19H,13-14H2,1H3,(H,23,26). The number of rotatable bonds is 4. The summed E-state index contributed by atoms with van der Waals surface area (Å²) < 4.78 is 5.70. The van der Waals surface area contributed by atoms with Crippen molar-refractivity contribution in [3.05, 3.63) is 72.0 Å². The Balaban J connectivity index is 1.44. The Morgan fingerprint density at radius 2 is 2.04 bits per heavy atom. The van der Waals surface area contributed by atoms with Gasteiger partial charge in [-0.3, -0.25) is 9.59 Å². The third kappa shape index (κ3) is 3.97. The fourth-order valence-electron chi connectivity index (χ4n) is 3.16. The average molecular weight is 392 g/mol. The number of aryl methyl sites for hydroxylation is 1. The Labute approximate surface area is 167 Å². The number of para-hydroxylation sites is 1. The Morgan fingerprint density at radius 3 is 2.86 bits per heavy atom. The summed E-state index contributed by atoms with van der Waals surface area (Å²) in [6.45, 7) is 1.97. The lowest BCUT2D eigenvalue weighted by Gasteiger charge is -2.21. The predicted octanol–water partition coefficient (Wildman–Crippen LogP) is 4.29. The number of nitrogens with one attached hydrogen (secondary N) is 1. The molecule has 4 rings (SSSR count). The van der Waals surface area contributed by atoms with Crippen LogP contribution < -0.4 is 5.32 Å². The zero-order chi connectivity index (χ0) is 19.5. The highest BCUT2D eigenvalue weighted by atomic mass is 32.2. The van der Waals surface area contributed by atoms with E-state index in [1.807, 2.05) is 61.5 Å². The molecule has 3 aromatic rings. The van der Waals surface area contributed by atoms with Crippen LogP contribution in [0.25, 0.3) is 17.0 Å². The van der Waals surface area contributed by atoms with E-state index >= 15 is 0 Å². The summed E-state index contributed by atoms with van der Waals surface area (Å²) in [6, 6.07) is 16.7. The van der Waals surface area contributed by atoms with Gasteiger partial charge in [-0.25, -0.2) is 0 Å². The molecule has 1 saturated heterocycles. The Kier molecular flexibility index (Phi) is 5.21. The number of carbonyl (C=O) groups is 2. The molecule has 2 heterocycles. The van der Waals surface area contributed by atoms with Crippen LogP contribution in [0, 0.1) is 6.92 Å². The van der Waals surface area contributed by atoms with Crippen LogP contribution in [0.1, 0.15) is 11.3 Å². The maximum Gasteiger partial charge on any atom is 0.248 e. The van der Waals surface area contributed by atoms with Gasteiger partial charge in [-0.1, -0.05) is 30.3 Å². The summed E-state index contributed by atoms with van der Waals surface area (Å²) in [4.78, 5) is 26.9. The molecule has 142 valence electrons. The number of nitrogens with zero attached hydrogens (tertiary/aromatic N) is 1. The summed E-state index contributed by atoms with van der Waals surface area (Å²) in [5, 5.41) is 3.90. The molecule has 6 heteroatoms. The molecule has 0 spiro atoms. The van der Waals surface area contributed by atoms with Gasteiger partial charge in [0, 0.05) is 22.9 Å². The van der Waals surface area contributed by atoms with Crippen LogP contribution in [0.15, 0.2) is 65.1 Å². The number of furan rings is 1. The molecule has 1 aromatic heterocycles. The predicted molar refractivity (Wildman–Crippen MR) is 113 cm³/mol. The first-order valence-corrected chi connectivity index (χ1v) is 10.2. The van der Waals surface area contributed by atoms with Crippen LogP contribution in [0.3, 0.4) is 0 Å². The highest BCUT2D eigenvalue weighted by Gasteiger charge is 2.33. The van der Waals surface area contributed by atoms with Crippen molar-refractivity contribution in [1.82, 2.24) is 4.90 Å². The number of benzene rings is 2. The lowest BCUT2D eigenvalue weighted by molar-refractivity contribution is -0.132. The first-order valence-electron chi connectivity index (χ1n) is 9.03. The molecule has 1 aliphatic rings. The van der Waals surface area contributed by atoms with E-state index in [1.54, 1.807) is 22.7 Å². The molecule has 0 aliphatic carbocycles. The molecule has 0 saturated carbocycles. The van der Waals surface area contributed by atoms with E-state index in [4.69, 9.17) is 4.42 Å². The molecule has 0 radical (unpaired) electrons. The largest absolute Gasteiger partial charge is 0.457 e. The van der Waals surface area contributed by atoms with Gasteiger partial charge in [0.1, 0.15) is 17.4 Å². The number of hydrogen-bond donors (Lipinski definition) is 1. The van der Waals surface area contributed by atoms with Crippen LogP contribution in [0.2, 0.25) is 0 Å². The number of hydrogen-bond acceptors (Lipinski definition) is 4. The van der Waals surface area contributed by atoms with E-state index in [-0.39, 0.29) is 11.8 Å². The van der Waals surface area contributed by atoms with Crippen molar-refractivity contribution in [1.29, 1.82) is 0 Å². The minimum Gasteiger partial charge on any atom is -0.457 e. The molecule has 0 bridgehead atoms. The van der Waals surface area contributed by atoms with Crippen LogP contribution in [-0.2, 0) is 9.59 Å². The van der Waals surface area contributed by atoms with Crippen molar-refractivity contribution in [2.24, 2.45) is 0 Å². The zero-order valence-electron chi connectivity index (χ0n) is 15.4. The van der Waals surface area contributed by atoms with Crippen LogP contribution in [0.5, 0.6) is 0 Å². The molecular formula is C22H20N2O3S. The average Bonchev–Trinajstić information content (AvgIpc) is 3.33. The lowest BCUT2D eigenvalue weighted by atomic mass is 10.2. The molecule has 1 fully saturated rings. The topological polar surface area (TPSA) is 62.6 Å². The highest BCUT2D eigenvalue weighted by Crippen LogP contribution is 2.24. The van der Waals surface area contributed by atoms with Gasteiger partial charge in [0.25, 0.3) is 0 Å². The Hall–Kier alpha value is -2.99. The molecule has 1 atom stereocenters. The summed E-state index contributed by atoms with van der Waals surface area (Å²) in [7, 11) is 0. The minimum absolute atomic E-state index is 0.166. The van der Waals surface area contributed by atoms with Gasteiger partial charge in [-0.05, 0) is 42.8 Å². The van der Waals surface area contributed by atoms with Crippen LogP contribution in [0.4, 0.5) is 5.69 Å². The number of carbonyl (C=O) groups excluding carboxylic acids is 2. The number of thioether (sulfide) groups is 1. The second-order valence-corrected chi connectivity index (χ2v) is 7.70. The van der Waals surface area contributed by atoms with Gasteiger partial charge in [0.15, 0.2) is 0 Å². The van der Waals surface area contributed by atoms with Crippen molar-refractivity contribution >= 4 is 46.3 Å². The number of fused-ring (bicyclic) bond motifs is 1. The van der Waals surface area contributed by atoms with Crippen molar-refractivity contribution in [3.63, 3.8) is 0 Å². The van der Waals surface area contributed by atoms with Crippen LogP contribution >= 0.6 is 11.8 Å². The summed E-state index contributed by atoms with van der Waals surface area (Å²) in [6.07, 6.45) is 3.12. The van der Waals surface area contributed by atoms with Gasteiger partial charge in [0.2, 0.25) is 11.8 Å². The molecule has 1 aliphatic heterocycles. The minimum atomic E-state index is -0.488. The van der Waals surface area contributed by atoms with Gasteiger partial charge >= 0.3 is 0 Å². The van der Waals surface area contributed by atoms with Gasteiger partial charge in [-0.2, -0.15) is 0 Å². The second-order valence-electron chi connectivity index (χ2n) is 6.70. The van der Waals surface area contributed by atoms with E-state index in [2.05, 4.69) is 5.32 Å². The fourth-order valence-corrected chi connectivity index (χ4v) is 4.32. The zero-order valence-corrected chi connectivity index (χ0v) is 16.2. The van der Waals surface area contributed by atoms with Gasteiger partial charge in [0.05, 0.1) is 5.88 Å². The maximum atomic E-state index is 12.7. The van der Waals surface area contributed by atoms with E-state index < -0.39 is 6.04 Å². The van der Waals surface area contributed by atoms with Crippen LogP contribution in [-0.4, -0.2) is 34.4 Å². The number of amides is 2. The SMILES string of the molecule is Cc1cccc(NC(=O)C2CSCN2C(=O)C=Cc2cc3ccccc3o2)c1. The smallest absolute Gasteiger partial charge is 0.248 e. The van der Waals surface area contributed by atoms with Crippen molar-refractivity contribution in [2.75, 3.05) is 16.9 Å².